The normalized spacial score (nSPS) is 10.7. The molecule has 1 heterocycles. The number of halogens is 2. The van der Waals surface area contributed by atoms with Crippen molar-refractivity contribution >= 4 is 0 Å². The SMILES string of the molecule is OCc1ccc(-c2cccc(F)c2)c(-c2cccc(F)c2)n1. The van der Waals surface area contributed by atoms with E-state index >= 15 is 0 Å². The van der Waals surface area contributed by atoms with Crippen LogP contribution in [0.2, 0.25) is 0 Å². The Labute approximate surface area is 126 Å². The van der Waals surface area contributed by atoms with E-state index < -0.39 is 0 Å². The van der Waals surface area contributed by atoms with Crippen molar-refractivity contribution in [3.63, 3.8) is 0 Å². The smallest absolute Gasteiger partial charge is 0.123 e. The standard InChI is InChI=1S/C18H13F2NO/c19-14-5-1-3-12(9-14)17-8-7-16(11-22)21-18(17)13-4-2-6-15(20)10-13/h1-10,22H,11H2. The predicted octanol–water partition coefficient (Wildman–Crippen LogP) is 4.19. The van der Waals surface area contributed by atoms with Gasteiger partial charge in [-0.25, -0.2) is 13.8 Å². The molecule has 0 amide bonds. The highest BCUT2D eigenvalue weighted by Crippen LogP contribution is 2.31. The molecule has 0 aliphatic heterocycles. The van der Waals surface area contributed by atoms with E-state index in [0.29, 0.717) is 28.1 Å². The molecule has 0 bridgehead atoms. The molecule has 3 aromatic rings. The Kier molecular flexibility index (Phi) is 3.94. The van der Waals surface area contributed by atoms with Crippen LogP contribution >= 0.6 is 0 Å². The van der Waals surface area contributed by atoms with Crippen molar-refractivity contribution in [2.75, 3.05) is 0 Å². The Hall–Kier alpha value is -2.59. The highest BCUT2D eigenvalue weighted by Gasteiger charge is 2.11. The van der Waals surface area contributed by atoms with Crippen molar-refractivity contribution in [1.29, 1.82) is 0 Å². The van der Waals surface area contributed by atoms with Gasteiger partial charge in [0, 0.05) is 11.1 Å². The lowest BCUT2D eigenvalue weighted by molar-refractivity contribution is 0.277. The molecule has 3 rings (SSSR count). The largest absolute Gasteiger partial charge is 0.390 e. The first kappa shape index (κ1) is 14.4. The number of rotatable bonds is 3. The van der Waals surface area contributed by atoms with E-state index in [0.717, 1.165) is 0 Å². The number of hydrogen-bond donors (Lipinski definition) is 1. The minimum absolute atomic E-state index is 0.217. The zero-order valence-corrected chi connectivity index (χ0v) is 11.6. The molecule has 22 heavy (non-hydrogen) atoms. The second-order valence-electron chi connectivity index (χ2n) is 4.88. The van der Waals surface area contributed by atoms with Crippen molar-refractivity contribution in [2.24, 2.45) is 0 Å². The van der Waals surface area contributed by atoms with Crippen LogP contribution in [0, 0.1) is 11.6 Å². The molecule has 2 nitrogen and oxygen atoms in total. The molecule has 0 saturated carbocycles. The second-order valence-corrected chi connectivity index (χ2v) is 4.88. The van der Waals surface area contributed by atoms with Crippen LogP contribution in [0.5, 0.6) is 0 Å². The third kappa shape index (κ3) is 2.87. The van der Waals surface area contributed by atoms with Gasteiger partial charge in [-0.1, -0.05) is 30.3 Å². The topological polar surface area (TPSA) is 33.1 Å². The van der Waals surface area contributed by atoms with Gasteiger partial charge in [0.1, 0.15) is 11.6 Å². The summed E-state index contributed by atoms with van der Waals surface area (Å²) < 4.78 is 27.0. The third-order valence-corrected chi connectivity index (χ3v) is 3.35. The number of nitrogens with zero attached hydrogens (tertiary/aromatic N) is 1. The molecule has 0 spiro atoms. The third-order valence-electron chi connectivity index (χ3n) is 3.35. The van der Waals surface area contributed by atoms with Gasteiger partial charge in [0.25, 0.3) is 0 Å². The summed E-state index contributed by atoms with van der Waals surface area (Å²) in [6, 6.07) is 15.6. The van der Waals surface area contributed by atoms with Crippen LogP contribution in [0.25, 0.3) is 22.4 Å². The number of aliphatic hydroxyl groups excluding tert-OH is 1. The minimum Gasteiger partial charge on any atom is -0.390 e. The fraction of sp³-hybridized carbons (Fsp3) is 0.0556. The monoisotopic (exact) mass is 297 g/mol. The van der Waals surface area contributed by atoms with E-state index in [2.05, 4.69) is 4.98 Å². The molecule has 1 aromatic heterocycles. The fourth-order valence-electron chi connectivity index (χ4n) is 2.33. The van der Waals surface area contributed by atoms with E-state index in [-0.39, 0.29) is 18.2 Å². The highest BCUT2D eigenvalue weighted by molar-refractivity contribution is 5.80. The van der Waals surface area contributed by atoms with Gasteiger partial charge in [-0.05, 0) is 35.9 Å². The van der Waals surface area contributed by atoms with Gasteiger partial charge in [0.15, 0.2) is 0 Å². The number of aliphatic hydroxyl groups is 1. The molecule has 0 unspecified atom stereocenters. The van der Waals surface area contributed by atoms with Crippen LogP contribution in [0.1, 0.15) is 5.69 Å². The van der Waals surface area contributed by atoms with Gasteiger partial charge in [-0.2, -0.15) is 0 Å². The summed E-state index contributed by atoms with van der Waals surface area (Å²) in [5.74, 6) is -0.729. The van der Waals surface area contributed by atoms with Crippen molar-refractivity contribution in [3.05, 3.63) is 78.0 Å². The van der Waals surface area contributed by atoms with E-state index in [1.54, 1.807) is 36.4 Å². The van der Waals surface area contributed by atoms with Crippen molar-refractivity contribution < 1.29 is 13.9 Å². The lowest BCUT2D eigenvalue weighted by Gasteiger charge is -2.11. The first-order valence-corrected chi connectivity index (χ1v) is 6.80. The summed E-state index contributed by atoms with van der Waals surface area (Å²) in [7, 11) is 0. The van der Waals surface area contributed by atoms with Crippen LogP contribution in [-0.4, -0.2) is 10.1 Å². The van der Waals surface area contributed by atoms with Gasteiger partial charge in [0.2, 0.25) is 0 Å². The molecule has 2 aromatic carbocycles. The molecule has 110 valence electrons. The number of benzene rings is 2. The fourth-order valence-corrected chi connectivity index (χ4v) is 2.33. The number of aromatic nitrogens is 1. The lowest BCUT2D eigenvalue weighted by Crippen LogP contribution is -1.96. The molecule has 0 aliphatic rings. The Morgan fingerprint density at radius 2 is 1.45 bits per heavy atom. The van der Waals surface area contributed by atoms with Crippen molar-refractivity contribution in [1.82, 2.24) is 4.98 Å². The van der Waals surface area contributed by atoms with Crippen LogP contribution in [0.4, 0.5) is 8.78 Å². The number of pyridine rings is 1. The van der Waals surface area contributed by atoms with E-state index in [1.165, 1.54) is 24.3 Å². The Morgan fingerprint density at radius 1 is 0.818 bits per heavy atom. The van der Waals surface area contributed by atoms with Gasteiger partial charge in [0.05, 0.1) is 18.0 Å². The van der Waals surface area contributed by atoms with E-state index in [1.807, 2.05) is 0 Å². The summed E-state index contributed by atoms with van der Waals surface area (Å²) in [6.45, 7) is -0.217. The summed E-state index contributed by atoms with van der Waals surface area (Å²) in [6.07, 6.45) is 0. The van der Waals surface area contributed by atoms with Crippen molar-refractivity contribution in [2.45, 2.75) is 6.61 Å². The van der Waals surface area contributed by atoms with E-state index in [4.69, 9.17) is 0 Å². The molecule has 0 atom stereocenters. The van der Waals surface area contributed by atoms with Crippen LogP contribution in [0.3, 0.4) is 0 Å². The maximum Gasteiger partial charge on any atom is 0.123 e. The maximum atomic E-state index is 13.5. The highest BCUT2D eigenvalue weighted by atomic mass is 19.1. The van der Waals surface area contributed by atoms with E-state index in [9.17, 15) is 13.9 Å². The molecular weight excluding hydrogens is 284 g/mol. The predicted molar refractivity (Wildman–Crippen MR) is 80.9 cm³/mol. The van der Waals surface area contributed by atoms with Crippen molar-refractivity contribution in [3.8, 4) is 22.4 Å². The summed E-state index contributed by atoms with van der Waals surface area (Å²) in [4.78, 5) is 4.37. The van der Waals surface area contributed by atoms with Gasteiger partial charge < -0.3 is 5.11 Å². The van der Waals surface area contributed by atoms with Gasteiger partial charge in [-0.3, -0.25) is 0 Å². The zero-order valence-electron chi connectivity index (χ0n) is 11.6. The Morgan fingerprint density at radius 3 is 2.09 bits per heavy atom. The maximum absolute atomic E-state index is 13.5. The first-order valence-electron chi connectivity index (χ1n) is 6.80. The second kappa shape index (κ2) is 6.03. The molecule has 0 aliphatic carbocycles. The molecule has 4 heteroatoms. The molecule has 0 fully saturated rings. The summed E-state index contributed by atoms with van der Waals surface area (Å²) >= 11 is 0. The number of hydrogen-bond acceptors (Lipinski definition) is 2. The molecule has 0 radical (unpaired) electrons. The first-order chi connectivity index (χ1) is 10.7. The molecular formula is C18H13F2NO. The van der Waals surface area contributed by atoms with Gasteiger partial charge >= 0.3 is 0 Å². The summed E-state index contributed by atoms with van der Waals surface area (Å²) in [5, 5.41) is 9.27. The Balaban J connectivity index is 2.22. The van der Waals surface area contributed by atoms with Crippen LogP contribution < -0.4 is 0 Å². The summed E-state index contributed by atoms with van der Waals surface area (Å²) in [5.41, 5.74) is 2.89. The minimum atomic E-state index is -0.376. The van der Waals surface area contributed by atoms with Crippen LogP contribution in [-0.2, 0) is 6.61 Å². The molecule has 1 N–H and O–H groups in total. The van der Waals surface area contributed by atoms with Gasteiger partial charge in [-0.15, -0.1) is 0 Å². The average molecular weight is 297 g/mol. The Bertz CT molecular complexity index is 818. The van der Waals surface area contributed by atoms with Crippen LogP contribution in [0.15, 0.2) is 60.7 Å². The average Bonchev–Trinajstić information content (AvgIpc) is 2.54. The quantitative estimate of drug-likeness (QED) is 0.786. The lowest BCUT2D eigenvalue weighted by atomic mass is 9.98. The molecule has 0 saturated heterocycles. The zero-order chi connectivity index (χ0) is 15.5.